The molecule has 0 fully saturated rings. The molecule has 0 spiro atoms. The number of fused-ring (bicyclic) bond motifs is 1. The molecule has 6 heteroatoms. The minimum absolute atomic E-state index is 0.0601. The van der Waals surface area contributed by atoms with Crippen LogP contribution in [0.15, 0.2) is 24.3 Å². The van der Waals surface area contributed by atoms with E-state index in [0.717, 1.165) is 23.5 Å². The van der Waals surface area contributed by atoms with E-state index < -0.39 is 0 Å². The predicted molar refractivity (Wildman–Crippen MR) is 96.7 cm³/mol. The van der Waals surface area contributed by atoms with E-state index in [2.05, 4.69) is 17.6 Å². The Labute approximate surface area is 146 Å². The topological polar surface area (TPSA) is 74.2 Å². The Kier molecular flexibility index (Phi) is 5.48. The summed E-state index contributed by atoms with van der Waals surface area (Å²) >= 11 is 1.80. The van der Waals surface area contributed by atoms with Crippen molar-refractivity contribution in [3.05, 3.63) is 45.4 Å². The SMILES string of the molecule is CC(Nc1cccc(C(=O)NCCO)c1)c1nc2c(s1)CCCC2. The Hall–Kier alpha value is -1.92. The smallest absolute Gasteiger partial charge is 0.251 e. The number of carbonyl (C=O) groups excluding carboxylic acids is 1. The minimum atomic E-state index is -0.176. The molecule has 3 N–H and O–H groups in total. The van der Waals surface area contributed by atoms with Crippen molar-refractivity contribution in [3.63, 3.8) is 0 Å². The molecule has 24 heavy (non-hydrogen) atoms. The van der Waals surface area contributed by atoms with Crippen LogP contribution in [0.3, 0.4) is 0 Å². The standard InChI is InChI=1S/C18H23N3O2S/c1-12(18-21-15-7-2-3-8-16(15)24-18)20-14-6-4-5-13(11-14)17(23)19-9-10-22/h4-6,11-12,20,22H,2-3,7-10H2,1H3,(H,19,23). The Morgan fingerprint density at radius 2 is 2.21 bits per heavy atom. The van der Waals surface area contributed by atoms with Crippen molar-refractivity contribution in [3.8, 4) is 0 Å². The molecule has 1 aliphatic carbocycles. The van der Waals surface area contributed by atoms with E-state index in [0.29, 0.717) is 5.56 Å². The van der Waals surface area contributed by atoms with E-state index >= 15 is 0 Å². The van der Waals surface area contributed by atoms with Gasteiger partial charge in [0.15, 0.2) is 0 Å². The highest BCUT2D eigenvalue weighted by molar-refractivity contribution is 7.11. The lowest BCUT2D eigenvalue weighted by Crippen LogP contribution is -2.26. The third-order valence-corrected chi connectivity index (χ3v) is 5.48. The largest absolute Gasteiger partial charge is 0.395 e. The molecule has 0 saturated carbocycles. The van der Waals surface area contributed by atoms with Gasteiger partial charge in [0.25, 0.3) is 5.91 Å². The van der Waals surface area contributed by atoms with Crippen molar-refractivity contribution in [1.29, 1.82) is 0 Å². The lowest BCUT2D eigenvalue weighted by molar-refractivity contribution is 0.0945. The van der Waals surface area contributed by atoms with Crippen molar-refractivity contribution >= 4 is 22.9 Å². The molecule has 1 heterocycles. The number of aryl methyl sites for hydroxylation is 2. The third-order valence-electron chi connectivity index (χ3n) is 4.14. The molecule has 1 unspecified atom stereocenters. The van der Waals surface area contributed by atoms with Gasteiger partial charge in [-0.05, 0) is 50.8 Å². The predicted octanol–water partition coefficient (Wildman–Crippen LogP) is 2.92. The quantitative estimate of drug-likeness (QED) is 0.752. The molecule has 1 atom stereocenters. The second-order valence-electron chi connectivity index (χ2n) is 6.06. The van der Waals surface area contributed by atoms with Crippen molar-refractivity contribution in [2.45, 2.75) is 38.6 Å². The van der Waals surface area contributed by atoms with Gasteiger partial charge in [0.05, 0.1) is 18.3 Å². The van der Waals surface area contributed by atoms with Crippen molar-refractivity contribution in [1.82, 2.24) is 10.3 Å². The van der Waals surface area contributed by atoms with Gasteiger partial charge >= 0.3 is 0 Å². The molecule has 1 amide bonds. The number of thiazole rings is 1. The molecule has 128 valence electrons. The molecule has 1 aromatic carbocycles. The highest BCUT2D eigenvalue weighted by Gasteiger charge is 2.18. The van der Waals surface area contributed by atoms with Gasteiger partial charge < -0.3 is 15.7 Å². The minimum Gasteiger partial charge on any atom is -0.395 e. The van der Waals surface area contributed by atoms with Crippen LogP contribution in [-0.2, 0) is 12.8 Å². The Morgan fingerprint density at radius 3 is 3.00 bits per heavy atom. The molecule has 1 aromatic heterocycles. The molecule has 0 bridgehead atoms. The third kappa shape index (κ3) is 3.94. The second-order valence-corrected chi connectivity index (χ2v) is 7.17. The lowest BCUT2D eigenvalue weighted by atomic mass is 10.0. The normalized spacial score (nSPS) is 14.8. The summed E-state index contributed by atoms with van der Waals surface area (Å²) in [6, 6.07) is 7.51. The van der Waals surface area contributed by atoms with Crippen LogP contribution in [0.1, 0.15) is 51.7 Å². The number of nitrogens with one attached hydrogen (secondary N) is 2. The van der Waals surface area contributed by atoms with Crippen LogP contribution < -0.4 is 10.6 Å². The van der Waals surface area contributed by atoms with Crippen molar-refractivity contribution < 1.29 is 9.90 Å². The maximum atomic E-state index is 12.0. The van der Waals surface area contributed by atoms with Crippen molar-refractivity contribution in [2.24, 2.45) is 0 Å². The van der Waals surface area contributed by atoms with Gasteiger partial charge in [-0.3, -0.25) is 4.79 Å². The molecule has 5 nitrogen and oxygen atoms in total. The fraction of sp³-hybridized carbons (Fsp3) is 0.444. The first kappa shape index (κ1) is 16.9. The van der Waals surface area contributed by atoms with Crippen molar-refractivity contribution in [2.75, 3.05) is 18.5 Å². The first-order chi connectivity index (χ1) is 11.7. The maximum absolute atomic E-state index is 12.0. The van der Waals surface area contributed by atoms with E-state index in [4.69, 9.17) is 10.1 Å². The summed E-state index contributed by atoms with van der Waals surface area (Å²) in [6.07, 6.45) is 4.75. The first-order valence-corrected chi connectivity index (χ1v) is 9.23. The Bertz CT molecular complexity index is 691. The fourth-order valence-electron chi connectivity index (χ4n) is 2.89. The molecule has 3 rings (SSSR count). The number of benzene rings is 1. The van der Waals surface area contributed by atoms with Gasteiger partial charge in [-0.2, -0.15) is 0 Å². The van der Waals surface area contributed by atoms with E-state index in [1.807, 2.05) is 18.2 Å². The van der Waals surface area contributed by atoms with Gasteiger partial charge in [0.1, 0.15) is 5.01 Å². The molecule has 0 saturated heterocycles. The molecule has 1 aliphatic rings. The van der Waals surface area contributed by atoms with Gasteiger partial charge in [0, 0.05) is 22.7 Å². The maximum Gasteiger partial charge on any atom is 0.251 e. The average molecular weight is 345 g/mol. The number of aromatic nitrogens is 1. The van der Waals surface area contributed by atoms with Crippen LogP contribution in [0.4, 0.5) is 5.69 Å². The summed E-state index contributed by atoms with van der Waals surface area (Å²) in [7, 11) is 0. The fourth-order valence-corrected chi connectivity index (χ4v) is 4.05. The Balaban J connectivity index is 1.69. The van der Waals surface area contributed by atoms with Gasteiger partial charge in [0.2, 0.25) is 0 Å². The van der Waals surface area contributed by atoms with Crippen LogP contribution in [0.25, 0.3) is 0 Å². The number of nitrogens with zero attached hydrogens (tertiary/aromatic N) is 1. The van der Waals surface area contributed by atoms with Crippen LogP contribution >= 0.6 is 11.3 Å². The Morgan fingerprint density at radius 1 is 1.38 bits per heavy atom. The monoisotopic (exact) mass is 345 g/mol. The number of amides is 1. The summed E-state index contributed by atoms with van der Waals surface area (Å²) in [6.45, 7) is 2.30. The summed E-state index contributed by atoms with van der Waals surface area (Å²) in [4.78, 5) is 18.2. The molecule has 0 aliphatic heterocycles. The second kappa shape index (κ2) is 7.77. The summed E-state index contributed by atoms with van der Waals surface area (Å²) < 4.78 is 0. The number of hydrogen-bond donors (Lipinski definition) is 3. The van der Waals surface area contributed by atoms with Gasteiger partial charge in [-0.25, -0.2) is 4.98 Å². The van der Waals surface area contributed by atoms with Crippen LogP contribution in [0.2, 0.25) is 0 Å². The van der Waals surface area contributed by atoms with Gasteiger partial charge in [-0.1, -0.05) is 6.07 Å². The number of hydrogen-bond acceptors (Lipinski definition) is 5. The molecular weight excluding hydrogens is 322 g/mol. The number of aliphatic hydroxyl groups excluding tert-OH is 1. The van der Waals surface area contributed by atoms with E-state index in [9.17, 15) is 4.79 Å². The number of rotatable bonds is 6. The number of anilines is 1. The number of carbonyl (C=O) groups is 1. The zero-order chi connectivity index (χ0) is 16.9. The lowest BCUT2D eigenvalue weighted by Gasteiger charge is -2.13. The average Bonchev–Trinajstić information content (AvgIpc) is 3.04. The zero-order valence-corrected chi connectivity index (χ0v) is 14.7. The van der Waals surface area contributed by atoms with Crippen LogP contribution in [-0.4, -0.2) is 29.1 Å². The van der Waals surface area contributed by atoms with E-state index in [1.54, 1.807) is 17.4 Å². The first-order valence-electron chi connectivity index (χ1n) is 8.41. The summed E-state index contributed by atoms with van der Waals surface area (Å²) in [5.74, 6) is -0.176. The molecule has 2 aromatic rings. The number of aliphatic hydroxyl groups is 1. The van der Waals surface area contributed by atoms with E-state index in [-0.39, 0.29) is 25.1 Å². The molecular formula is C18H23N3O2S. The summed E-state index contributed by atoms with van der Waals surface area (Å²) in [5, 5.41) is 16.0. The highest BCUT2D eigenvalue weighted by atomic mass is 32.1. The molecule has 0 radical (unpaired) electrons. The van der Waals surface area contributed by atoms with Gasteiger partial charge in [-0.15, -0.1) is 11.3 Å². The van der Waals surface area contributed by atoms with E-state index in [1.165, 1.54) is 23.4 Å². The van der Waals surface area contributed by atoms with Crippen LogP contribution in [0.5, 0.6) is 0 Å². The zero-order valence-electron chi connectivity index (χ0n) is 13.8. The van der Waals surface area contributed by atoms with Crippen LogP contribution in [0, 0.1) is 0 Å². The highest BCUT2D eigenvalue weighted by Crippen LogP contribution is 2.31. The summed E-state index contributed by atoms with van der Waals surface area (Å²) in [5.41, 5.74) is 2.75.